The Labute approximate surface area is 120 Å². The van der Waals surface area contributed by atoms with E-state index in [9.17, 15) is 27.0 Å². The first-order valence-corrected chi connectivity index (χ1v) is 7.99. The molecule has 0 radical (unpaired) electrons. The third kappa shape index (κ3) is 5.70. The van der Waals surface area contributed by atoms with Gasteiger partial charge in [-0.3, -0.25) is 9.11 Å². The van der Waals surface area contributed by atoms with Crippen LogP contribution in [0.5, 0.6) is 0 Å². The molecule has 21 heavy (non-hydrogen) atoms. The van der Waals surface area contributed by atoms with E-state index in [4.69, 9.17) is 13.8 Å². The predicted octanol–water partition coefficient (Wildman–Crippen LogP) is -2.91. The highest BCUT2D eigenvalue weighted by molar-refractivity contribution is 7.81. The van der Waals surface area contributed by atoms with Crippen LogP contribution in [0.3, 0.4) is 0 Å². The van der Waals surface area contributed by atoms with Crippen molar-refractivity contribution in [1.29, 1.82) is 0 Å². The highest BCUT2D eigenvalue weighted by Crippen LogP contribution is 2.27. The average molecular weight is 354 g/mol. The molecule has 0 aliphatic carbocycles. The molecule has 1 fully saturated rings. The van der Waals surface area contributed by atoms with Gasteiger partial charge in [0.25, 0.3) is 0 Å². The first-order chi connectivity index (χ1) is 9.44. The number of rotatable bonds is 6. The van der Waals surface area contributed by atoms with Gasteiger partial charge >= 0.3 is 20.8 Å². The molecule has 1 aliphatic heterocycles. The van der Waals surface area contributed by atoms with Crippen molar-refractivity contribution in [2.24, 2.45) is 0 Å². The molecule has 1 saturated heterocycles. The van der Waals surface area contributed by atoms with Crippen molar-refractivity contribution in [3.63, 3.8) is 0 Å². The Morgan fingerprint density at radius 2 is 1.48 bits per heavy atom. The van der Waals surface area contributed by atoms with Crippen molar-refractivity contribution in [1.82, 2.24) is 0 Å². The van der Waals surface area contributed by atoms with Crippen molar-refractivity contribution in [3.8, 4) is 0 Å². The second kappa shape index (κ2) is 6.78. The molecule has 1 rings (SSSR count). The van der Waals surface area contributed by atoms with E-state index in [2.05, 4.69) is 13.1 Å². The minimum absolute atomic E-state index is 0.317. The SMILES string of the molecule is COC[C@H]1O[C@H](O)[C@H](OS(=O)(=O)O)[C@@H](OS(=O)(=O)O)[C@@H]1O. The van der Waals surface area contributed by atoms with Crippen LogP contribution in [0.1, 0.15) is 0 Å². The van der Waals surface area contributed by atoms with Crippen LogP contribution in [0.2, 0.25) is 0 Å². The lowest BCUT2D eigenvalue weighted by molar-refractivity contribution is -0.277. The number of aliphatic hydroxyl groups excluding tert-OH is 2. The summed E-state index contributed by atoms with van der Waals surface area (Å²) < 4.78 is 77.5. The minimum atomic E-state index is -5.14. The van der Waals surface area contributed by atoms with Gasteiger partial charge in [0.15, 0.2) is 12.4 Å². The molecular formula is C7H14O12S2. The number of ether oxygens (including phenoxy) is 2. The summed E-state index contributed by atoms with van der Waals surface area (Å²) in [5, 5.41) is 19.4. The lowest BCUT2D eigenvalue weighted by Gasteiger charge is -2.40. The predicted molar refractivity (Wildman–Crippen MR) is 61.6 cm³/mol. The summed E-state index contributed by atoms with van der Waals surface area (Å²) in [7, 11) is -9.06. The van der Waals surface area contributed by atoms with Gasteiger partial charge < -0.3 is 19.7 Å². The van der Waals surface area contributed by atoms with Gasteiger partial charge in [-0.2, -0.15) is 16.8 Å². The molecule has 0 saturated carbocycles. The molecule has 0 bridgehead atoms. The van der Waals surface area contributed by atoms with Crippen LogP contribution >= 0.6 is 0 Å². The summed E-state index contributed by atoms with van der Waals surface area (Å²) in [6, 6.07) is 0. The summed E-state index contributed by atoms with van der Waals surface area (Å²) >= 11 is 0. The maximum atomic E-state index is 10.7. The monoisotopic (exact) mass is 354 g/mol. The second-order valence-electron chi connectivity index (χ2n) is 3.99. The molecule has 12 nitrogen and oxygen atoms in total. The van der Waals surface area contributed by atoms with E-state index in [0.29, 0.717) is 0 Å². The lowest BCUT2D eigenvalue weighted by atomic mass is 9.99. The topological polar surface area (TPSA) is 186 Å². The fourth-order valence-corrected chi connectivity index (χ4v) is 2.69. The molecule has 0 aromatic carbocycles. The van der Waals surface area contributed by atoms with Crippen molar-refractivity contribution < 1.29 is 54.0 Å². The van der Waals surface area contributed by atoms with E-state index in [1.165, 1.54) is 7.11 Å². The molecule has 0 aromatic rings. The van der Waals surface area contributed by atoms with Crippen molar-refractivity contribution >= 4 is 20.8 Å². The highest BCUT2D eigenvalue weighted by Gasteiger charge is 2.50. The van der Waals surface area contributed by atoms with Gasteiger partial charge in [0, 0.05) is 7.11 Å². The van der Waals surface area contributed by atoms with E-state index in [0.717, 1.165) is 0 Å². The van der Waals surface area contributed by atoms with E-state index in [1.54, 1.807) is 0 Å². The molecule has 14 heteroatoms. The van der Waals surface area contributed by atoms with Gasteiger partial charge in [0.2, 0.25) is 0 Å². The quantitative estimate of drug-likeness (QED) is 0.357. The van der Waals surface area contributed by atoms with Gasteiger partial charge in [-0.25, -0.2) is 8.37 Å². The molecule has 0 unspecified atom stereocenters. The van der Waals surface area contributed by atoms with E-state index >= 15 is 0 Å². The molecule has 0 spiro atoms. The third-order valence-corrected chi connectivity index (χ3v) is 3.36. The first kappa shape index (κ1) is 18.6. The smallest absolute Gasteiger partial charge is 0.387 e. The summed E-state index contributed by atoms with van der Waals surface area (Å²) in [6.07, 6.45) is -9.49. The minimum Gasteiger partial charge on any atom is -0.387 e. The van der Waals surface area contributed by atoms with E-state index < -0.39 is 51.5 Å². The standard InChI is InChI=1S/C7H14O12S2/c1-16-2-3-4(8)5(18-20(10,11)12)6(7(9)17-3)19-21(13,14)15/h3-9H,2H2,1H3,(H,10,11,12)(H,13,14,15)/t3-,4-,5+,6-,7+/m1/s1. The number of aliphatic hydroxyl groups is 2. The van der Waals surface area contributed by atoms with Crippen LogP contribution < -0.4 is 0 Å². The zero-order valence-corrected chi connectivity index (χ0v) is 12.1. The molecular weight excluding hydrogens is 340 g/mol. The van der Waals surface area contributed by atoms with E-state index in [-0.39, 0.29) is 6.61 Å². The van der Waals surface area contributed by atoms with Gasteiger partial charge in [0.1, 0.15) is 18.3 Å². The van der Waals surface area contributed by atoms with Crippen LogP contribution in [0.4, 0.5) is 0 Å². The zero-order valence-electron chi connectivity index (χ0n) is 10.5. The maximum Gasteiger partial charge on any atom is 0.397 e. The molecule has 4 N–H and O–H groups in total. The first-order valence-electron chi connectivity index (χ1n) is 5.26. The summed E-state index contributed by atoms with van der Waals surface area (Å²) in [5.74, 6) is 0. The molecule has 0 aromatic heterocycles. The van der Waals surface area contributed by atoms with Gasteiger partial charge in [-0.1, -0.05) is 0 Å². The Morgan fingerprint density at radius 1 is 1.00 bits per heavy atom. The van der Waals surface area contributed by atoms with Crippen molar-refractivity contribution in [2.45, 2.75) is 30.7 Å². The van der Waals surface area contributed by atoms with Crippen LogP contribution in [-0.2, 0) is 38.6 Å². The van der Waals surface area contributed by atoms with Crippen molar-refractivity contribution in [3.05, 3.63) is 0 Å². The number of methoxy groups -OCH3 is 1. The summed E-state index contributed by atoms with van der Waals surface area (Å²) in [4.78, 5) is 0. The van der Waals surface area contributed by atoms with Gasteiger partial charge in [-0.05, 0) is 0 Å². The Balaban J connectivity index is 3.08. The van der Waals surface area contributed by atoms with Crippen LogP contribution in [0.25, 0.3) is 0 Å². The Hall–Kier alpha value is -0.420. The number of hydrogen-bond acceptors (Lipinski definition) is 10. The molecule has 126 valence electrons. The Bertz CT molecular complexity index is 540. The lowest BCUT2D eigenvalue weighted by Crippen LogP contribution is -2.61. The largest absolute Gasteiger partial charge is 0.397 e. The summed E-state index contributed by atoms with van der Waals surface area (Å²) in [6.45, 7) is -0.317. The molecule has 0 amide bonds. The van der Waals surface area contributed by atoms with Gasteiger partial charge in [-0.15, -0.1) is 0 Å². The van der Waals surface area contributed by atoms with Crippen molar-refractivity contribution in [2.75, 3.05) is 13.7 Å². The summed E-state index contributed by atoms with van der Waals surface area (Å²) in [5.41, 5.74) is 0. The van der Waals surface area contributed by atoms with E-state index in [1.807, 2.05) is 0 Å². The number of hydrogen-bond donors (Lipinski definition) is 4. The fraction of sp³-hybridized carbons (Fsp3) is 1.00. The Kier molecular flexibility index (Phi) is 6.01. The maximum absolute atomic E-state index is 10.7. The molecule has 1 aliphatic rings. The van der Waals surface area contributed by atoms with Crippen LogP contribution in [-0.4, -0.2) is 80.6 Å². The fourth-order valence-electron chi connectivity index (χ4n) is 1.70. The van der Waals surface area contributed by atoms with Crippen LogP contribution in [0, 0.1) is 0 Å². The normalized spacial score (nSPS) is 34.8. The zero-order chi connectivity index (χ0) is 16.4. The van der Waals surface area contributed by atoms with Gasteiger partial charge in [0.05, 0.1) is 6.61 Å². The third-order valence-electron chi connectivity index (χ3n) is 2.43. The molecule has 5 atom stereocenters. The second-order valence-corrected chi connectivity index (χ2v) is 6.08. The average Bonchev–Trinajstić information content (AvgIpc) is 2.27. The van der Waals surface area contributed by atoms with Crippen LogP contribution in [0.15, 0.2) is 0 Å². The highest BCUT2D eigenvalue weighted by atomic mass is 32.3. The molecule has 1 heterocycles. The Morgan fingerprint density at radius 3 is 1.90 bits per heavy atom.